The normalized spacial score (nSPS) is 13.3. The summed E-state index contributed by atoms with van der Waals surface area (Å²) in [7, 11) is 0. The lowest BCUT2D eigenvalue weighted by atomic mass is 9.96. The molecule has 5 rings (SSSR count). The molecule has 0 spiro atoms. The van der Waals surface area contributed by atoms with Gasteiger partial charge in [0.25, 0.3) is 0 Å². The molecule has 0 N–H and O–H groups in total. The van der Waals surface area contributed by atoms with Crippen LogP contribution in [0.5, 0.6) is 0 Å². The fourth-order valence-corrected chi connectivity index (χ4v) is 3.95. The van der Waals surface area contributed by atoms with Crippen LogP contribution in [0.2, 0.25) is 0 Å². The molecule has 1 aliphatic rings. The Labute approximate surface area is 152 Å². The van der Waals surface area contributed by atoms with Crippen molar-refractivity contribution >= 4 is 10.9 Å². The molecule has 0 radical (unpaired) electrons. The van der Waals surface area contributed by atoms with Gasteiger partial charge in [-0.3, -0.25) is 14.6 Å². The van der Waals surface area contributed by atoms with E-state index < -0.39 is 0 Å². The summed E-state index contributed by atoms with van der Waals surface area (Å²) >= 11 is 0. The van der Waals surface area contributed by atoms with Crippen LogP contribution in [0.4, 0.5) is 0 Å². The van der Waals surface area contributed by atoms with Crippen molar-refractivity contribution in [2.45, 2.75) is 33.2 Å². The molecule has 0 unspecified atom stereocenters. The molecule has 0 bridgehead atoms. The van der Waals surface area contributed by atoms with Gasteiger partial charge in [0.05, 0.1) is 11.2 Å². The molecule has 4 heteroatoms. The van der Waals surface area contributed by atoms with Crippen LogP contribution >= 0.6 is 0 Å². The second kappa shape index (κ2) is 5.77. The van der Waals surface area contributed by atoms with Crippen molar-refractivity contribution in [2.24, 2.45) is 0 Å². The van der Waals surface area contributed by atoms with Gasteiger partial charge in [-0.15, -0.1) is 0 Å². The Balaban J connectivity index is 1.84. The molecule has 1 aromatic carbocycles. The van der Waals surface area contributed by atoms with Crippen molar-refractivity contribution in [2.75, 3.05) is 0 Å². The zero-order valence-electron chi connectivity index (χ0n) is 15.0. The van der Waals surface area contributed by atoms with Gasteiger partial charge in [-0.2, -0.15) is 5.10 Å². The molecule has 4 heterocycles. The number of hydrogen-bond donors (Lipinski definition) is 0. The van der Waals surface area contributed by atoms with Crippen molar-refractivity contribution in [3.63, 3.8) is 0 Å². The topological polar surface area (TPSA) is 43.6 Å². The van der Waals surface area contributed by atoms with Gasteiger partial charge >= 0.3 is 0 Å². The summed E-state index contributed by atoms with van der Waals surface area (Å²) in [5, 5.41) is 6.13. The van der Waals surface area contributed by atoms with Gasteiger partial charge in [-0.25, -0.2) is 0 Å². The number of pyridine rings is 2. The second-order valence-electron chi connectivity index (χ2n) is 7.04. The van der Waals surface area contributed by atoms with Crippen molar-refractivity contribution in [1.82, 2.24) is 19.7 Å². The Kier molecular flexibility index (Phi) is 3.38. The number of hydrogen-bond acceptors (Lipinski definition) is 3. The smallest absolute Gasteiger partial charge is 0.119 e. The van der Waals surface area contributed by atoms with Gasteiger partial charge in [-0.1, -0.05) is 17.7 Å². The Hall–Kier alpha value is -3.01. The van der Waals surface area contributed by atoms with Crippen LogP contribution in [0.15, 0.2) is 48.7 Å². The molecular formula is C22H20N4. The second-order valence-corrected chi connectivity index (χ2v) is 7.04. The Morgan fingerprint density at radius 2 is 1.96 bits per heavy atom. The summed E-state index contributed by atoms with van der Waals surface area (Å²) in [6, 6.07) is 14.7. The Morgan fingerprint density at radius 1 is 1.04 bits per heavy atom. The third-order valence-electron chi connectivity index (χ3n) is 5.14. The first-order chi connectivity index (χ1) is 12.7. The van der Waals surface area contributed by atoms with Crippen LogP contribution in [0.1, 0.15) is 23.4 Å². The van der Waals surface area contributed by atoms with Gasteiger partial charge in [0.2, 0.25) is 0 Å². The third kappa shape index (κ3) is 2.33. The van der Waals surface area contributed by atoms with E-state index in [1.165, 1.54) is 27.8 Å². The predicted molar refractivity (Wildman–Crippen MR) is 104 cm³/mol. The molecule has 1 aliphatic heterocycles. The summed E-state index contributed by atoms with van der Waals surface area (Å²) in [6.07, 6.45) is 4.11. The van der Waals surface area contributed by atoms with Crippen molar-refractivity contribution in [3.05, 3.63) is 65.6 Å². The number of rotatable bonds is 2. The van der Waals surface area contributed by atoms with E-state index in [0.29, 0.717) is 0 Å². The first-order valence-electron chi connectivity index (χ1n) is 9.10. The van der Waals surface area contributed by atoms with E-state index in [2.05, 4.69) is 53.0 Å². The third-order valence-corrected chi connectivity index (χ3v) is 5.14. The lowest BCUT2D eigenvalue weighted by Crippen LogP contribution is -1.95. The van der Waals surface area contributed by atoms with E-state index >= 15 is 0 Å². The number of fused-ring (bicyclic) bond motifs is 2. The van der Waals surface area contributed by atoms with E-state index in [4.69, 9.17) is 10.1 Å². The minimum absolute atomic E-state index is 0.944. The van der Waals surface area contributed by atoms with Crippen molar-refractivity contribution in [1.29, 1.82) is 0 Å². The number of nitrogens with zero attached hydrogens (tertiary/aromatic N) is 4. The van der Waals surface area contributed by atoms with Gasteiger partial charge in [0, 0.05) is 35.1 Å². The van der Waals surface area contributed by atoms with E-state index in [9.17, 15) is 0 Å². The van der Waals surface area contributed by atoms with Crippen LogP contribution in [0, 0.1) is 13.8 Å². The van der Waals surface area contributed by atoms with E-state index in [-0.39, 0.29) is 0 Å². The zero-order chi connectivity index (χ0) is 17.7. The highest BCUT2D eigenvalue weighted by molar-refractivity contribution is 5.99. The lowest BCUT2D eigenvalue weighted by Gasteiger charge is -2.09. The van der Waals surface area contributed by atoms with Crippen LogP contribution in [-0.4, -0.2) is 19.7 Å². The van der Waals surface area contributed by atoms with E-state index in [0.717, 1.165) is 42.0 Å². The Morgan fingerprint density at radius 3 is 2.85 bits per heavy atom. The largest absolute Gasteiger partial charge is 0.268 e. The molecule has 3 aromatic heterocycles. The molecule has 0 saturated heterocycles. The summed E-state index contributed by atoms with van der Waals surface area (Å²) in [4.78, 5) is 9.31. The van der Waals surface area contributed by atoms with Crippen LogP contribution in [0.25, 0.3) is 33.4 Å². The molecule has 0 aliphatic carbocycles. The summed E-state index contributed by atoms with van der Waals surface area (Å²) in [5.74, 6) is 0. The van der Waals surface area contributed by atoms with Crippen LogP contribution in [-0.2, 0) is 13.0 Å². The van der Waals surface area contributed by atoms with Crippen LogP contribution in [0.3, 0.4) is 0 Å². The quantitative estimate of drug-likeness (QED) is 0.530. The highest BCUT2D eigenvalue weighted by Gasteiger charge is 2.25. The van der Waals surface area contributed by atoms with Gasteiger partial charge in [0.1, 0.15) is 5.69 Å². The molecule has 0 amide bonds. The van der Waals surface area contributed by atoms with E-state index in [1.54, 1.807) is 0 Å². The average molecular weight is 340 g/mol. The van der Waals surface area contributed by atoms with Crippen molar-refractivity contribution in [3.8, 4) is 22.5 Å². The number of benzene rings is 1. The molecule has 0 fully saturated rings. The van der Waals surface area contributed by atoms with E-state index in [1.807, 2.05) is 19.2 Å². The fourth-order valence-electron chi connectivity index (χ4n) is 3.95. The van der Waals surface area contributed by atoms with Gasteiger partial charge in [-0.05, 0) is 62.6 Å². The number of aromatic nitrogens is 4. The highest BCUT2D eigenvalue weighted by atomic mass is 15.3. The monoisotopic (exact) mass is 340 g/mol. The molecular weight excluding hydrogens is 320 g/mol. The first kappa shape index (κ1) is 15.3. The molecule has 0 saturated carbocycles. The highest BCUT2D eigenvalue weighted by Crippen LogP contribution is 2.39. The maximum Gasteiger partial charge on any atom is 0.119 e. The standard InChI is InChI=1S/C22H20N4/c1-14-8-9-18-17(13-14)16(10-11-23-18)21-20-7-4-12-26(20)25-22(21)19-6-3-5-15(2)24-19/h3,5-6,8-11,13H,4,7,12H2,1-2H3. The minimum atomic E-state index is 0.944. The SMILES string of the molecule is Cc1ccc2nccc(-c3c(-c4cccc(C)n4)nn4c3CCC4)c2c1. The molecule has 4 aromatic rings. The van der Waals surface area contributed by atoms with Crippen molar-refractivity contribution < 1.29 is 0 Å². The zero-order valence-corrected chi connectivity index (χ0v) is 15.0. The minimum Gasteiger partial charge on any atom is -0.268 e. The van der Waals surface area contributed by atoms with Crippen LogP contribution < -0.4 is 0 Å². The summed E-state index contributed by atoms with van der Waals surface area (Å²) < 4.78 is 2.16. The lowest BCUT2D eigenvalue weighted by molar-refractivity contribution is 0.658. The molecule has 26 heavy (non-hydrogen) atoms. The van der Waals surface area contributed by atoms with Gasteiger partial charge < -0.3 is 0 Å². The van der Waals surface area contributed by atoms with Gasteiger partial charge in [0.15, 0.2) is 0 Å². The first-order valence-corrected chi connectivity index (χ1v) is 9.10. The maximum atomic E-state index is 4.94. The summed E-state index contributed by atoms with van der Waals surface area (Å²) in [5.41, 5.74) is 8.95. The average Bonchev–Trinajstić information content (AvgIpc) is 3.22. The molecule has 4 nitrogen and oxygen atoms in total. The molecule has 128 valence electrons. The predicted octanol–water partition coefficient (Wildman–Crippen LogP) is 4.72. The maximum absolute atomic E-state index is 4.94. The Bertz CT molecular complexity index is 1140. The summed E-state index contributed by atoms with van der Waals surface area (Å²) in [6.45, 7) is 5.13. The molecule has 0 atom stereocenters. The fraction of sp³-hybridized carbons (Fsp3) is 0.227. The number of aryl methyl sites for hydroxylation is 3.